The van der Waals surface area contributed by atoms with Gasteiger partial charge in [0.05, 0.1) is 23.3 Å². The Morgan fingerprint density at radius 3 is 2.47 bits per heavy atom. The Balaban J connectivity index is 1.83. The molecule has 3 rings (SSSR count). The molecule has 11 heteroatoms. The Morgan fingerprint density at radius 1 is 1.13 bits per heavy atom. The fourth-order valence-electron chi connectivity index (χ4n) is 2.41. The van der Waals surface area contributed by atoms with E-state index in [2.05, 4.69) is 20.0 Å². The van der Waals surface area contributed by atoms with Crippen molar-refractivity contribution in [2.45, 2.75) is 6.18 Å². The number of anilines is 3. The molecular weight excluding hydrogens is 425 g/mol. The van der Waals surface area contributed by atoms with E-state index in [-0.39, 0.29) is 23.1 Å². The van der Waals surface area contributed by atoms with Gasteiger partial charge in [0.15, 0.2) is 5.82 Å². The predicted octanol–water partition coefficient (Wildman–Crippen LogP) is 5.05. The maximum atomic E-state index is 13.0. The highest BCUT2D eigenvalue weighted by atomic mass is 35.5. The summed E-state index contributed by atoms with van der Waals surface area (Å²) in [7, 11) is 1.27. The molecular formula is C19H14ClF3N4O3. The van der Waals surface area contributed by atoms with Crippen LogP contribution in [0.4, 0.5) is 30.4 Å². The Kier molecular flexibility index (Phi) is 5.97. The average Bonchev–Trinajstić information content (AvgIpc) is 2.71. The molecule has 0 aliphatic carbocycles. The van der Waals surface area contributed by atoms with Gasteiger partial charge in [0.2, 0.25) is 5.88 Å². The summed E-state index contributed by atoms with van der Waals surface area (Å²) < 4.78 is 49.3. The van der Waals surface area contributed by atoms with Gasteiger partial charge in [-0.05, 0) is 42.5 Å². The summed E-state index contributed by atoms with van der Waals surface area (Å²) in [5, 5.41) is 2.27. The van der Waals surface area contributed by atoms with Gasteiger partial charge in [-0.2, -0.15) is 18.2 Å². The van der Waals surface area contributed by atoms with Crippen molar-refractivity contribution >= 4 is 34.8 Å². The monoisotopic (exact) mass is 438 g/mol. The SMILES string of the molecule is COC(=O)c1ccc(Oc2ncnc(Nc3ccc(Cl)c(C(F)(F)F)c3)c2N)cc1. The van der Waals surface area contributed by atoms with Gasteiger partial charge in [0.1, 0.15) is 17.8 Å². The number of aromatic nitrogens is 2. The second-order valence-corrected chi connectivity index (χ2v) is 6.28. The highest BCUT2D eigenvalue weighted by Gasteiger charge is 2.33. The largest absolute Gasteiger partial charge is 0.465 e. The molecule has 3 N–H and O–H groups in total. The predicted molar refractivity (Wildman–Crippen MR) is 104 cm³/mol. The van der Waals surface area contributed by atoms with E-state index < -0.39 is 22.7 Å². The summed E-state index contributed by atoms with van der Waals surface area (Å²) in [6.07, 6.45) is -3.48. The third-order valence-corrected chi connectivity index (χ3v) is 4.20. The van der Waals surface area contributed by atoms with Crippen LogP contribution in [0.3, 0.4) is 0 Å². The van der Waals surface area contributed by atoms with Crippen molar-refractivity contribution in [3.8, 4) is 11.6 Å². The fraction of sp³-hybridized carbons (Fsp3) is 0.105. The molecule has 0 atom stereocenters. The highest BCUT2D eigenvalue weighted by molar-refractivity contribution is 6.31. The van der Waals surface area contributed by atoms with E-state index in [1.54, 1.807) is 0 Å². The van der Waals surface area contributed by atoms with Gasteiger partial charge in [0, 0.05) is 5.69 Å². The Morgan fingerprint density at radius 2 is 1.83 bits per heavy atom. The average molecular weight is 439 g/mol. The molecule has 7 nitrogen and oxygen atoms in total. The molecule has 0 amide bonds. The number of halogens is 4. The number of carbonyl (C=O) groups excluding carboxylic acids is 1. The molecule has 0 spiro atoms. The number of nitrogens with one attached hydrogen (secondary N) is 1. The van der Waals surface area contributed by atoms with Crippen molar-refractivity contribution in [2.24, 2.45) is 0 Å². The lowest BCUT2D eigenvalue weighted by atomic mass is 10.2. The van der Waals surface area contributed by atoms with E-state index >= 15 is 0 Å². The van der Waals surface area contributed by atoms with Crippen LogP contribution >= 0.6 is 11.6 Å². The van der Waals surface area contributed by atoms with E-state index in [4.69, 9.17) is 22.1 Å². The molecule has 30 heavy (non-hydrogen) atoms. The van der Waals surface area contributed by atoms with Gasteiger partial charge in [0.25, 0.3) is 0 Å². The number of benzene rings is 2. The maximum Gasteiger partial charge on any atom is 0.417 e. The molecule has 0 unspecified atom stereocenters. The normalized spacial score (nSPS) is 11.1. The van der Waals surface area contributed by atoms with Crippen LogP contribution in [0.5, 0.6) is 11.6 Å². The first kappa shape index (κ1) is 21.2. The van der Waals surface area contributed by atoms with Gasteiger partial charge in [-0.25, -0.2) is 9.78 Å². The zero-order valence-electron chi connectivity index (χ0n) is 15.3. The number of hydrogen-bond donors (Lipinski definition) is 2. The Bertz CT molecular complexity index is 1080. The van der Waals surface area contributed by atoms with Crippen molar-refractivity contribution < 1.29 is 27.4 Å². The summed E-state index contributed by atoms with van der Waals surface area (Å²) in [6, 6.07) is 9.31. The number of nitrogens with two attached hydrogens (primary N) is 1. The van der Waals surface area contributed by atoms with E-state index in [9.17, 15) is 18.0 Å². The number of nitrogen functional groups attached to an aromatic ring is 1. The molecule has 3 aromatic rings. The molecule has 1 aromatic heterocycles. The van der Waals surface area contributed by atoms with Crippen molar-refractivity contribution in [2.75, 3.05) is 18.2 Å². The lowest BCUT2D eigenvalue weighted by Gasteiger charge is -2.14. The van der Waals surface area contributed by atoms with E-state index in [0.29, 0.717) is 11.3 Å². The zero-order chi connectivity index (χ0) is 21.9. The third-order valence-electron chi connectivity index (χ3n) is 3.87. The summed E-state index contributed by atoms with van der Waals surface area (Å²) >= 11 is 5.62. The first-order valence-electron chi connectivity index (χ1n) is 8.29. The molecule has 0 saturated carbocycles. The lowest BCUT2D eigenvalue weighted by molar-refractivity contribution is -0.137. The number of methoxy groups -OCH3 is 1. The third kappa shape index (κ3) is 4.71. The molecule has 0 aliphatic heterocycles. The number of alkyl halides is 3. The van der Waals surface area contributed by atoms with Crippen LogP contribution in [0, 0.1) is 0 Å². The van der Waals surface area contributed by atoms with Crippen LogP contribution < -0.4 is 15.8 Å². The number of rotatable bonds is 5. The van der Waals surface area contributed by atoms with Crippen LogP contribution in [0.25, 0.3) is 0 Å². The Hall–Kier alpha value is -3.53. The second-order valence-electron chi connectivity index (χ2n) is 5.88. The van der Waals surface area contributed by atoms with Crippen molar-refractivity contribution in [1.82, 2.24) is 9.97 Å². The summed E-state index contributed by atoms with van der Waals surface area (Å²) in [5.74, 6) is -0.161. The molecule has 0 saturated heterocycles. The number of hydrogen-bond acceptors (Lipinski definition) is 7. The molecule has 0 fully saturated rings. The molecule has 2 aromatic carbocycles. The standard InChI is InChI=1S/C19H14ClF3N4O3/c1-29-18(28)10-2-5-12(6-3-10)30-17-15(24)16(25-9-26-17)27-11-4-7-14(20)13(8-11)19(21,22)23/h2-9H,24H2,1H3,(H,25,26,27). The van der Waals surface area contributed by atoms with Crippen LogP contribution in [-0.4, -0.2) is 23.0 Å². The number of carbonyl (C=O) groups is 1. The van der Waals surface area contributed by atoms with Crippen LogP contribution in [0.15, 0.2) is 48.8 Å². The van der Waals surface area contributed by atoms with Gasteiger partial charge in [-0.1, -0.05) is 11.6 Å². The molecule has 0 radical (unpaired) electrons. The zero-order valence-corrected chi connectivity index (χ0v) is 16.1. The molecule has 0 aliphatic rings. The topological polar surface area (TPSA) is 99.4 Å². The first-order chi connectivity index (χ1) is 14.2. The second kappa shape index (κ2) is 8.46. The maximum absolute atomic E-state index is 13.0. The minimum Gasteiger partial charge on any atom is -0.465 e. The summed E-state index contributed by atoms with van der Waals surface area (Å²) in [5.41, 5.74) is 5.37. The highest BCUT2D eigenvalue weighted by Crippen LogP contribution is 2.37. The minimum absolute atomic E-state index is 0.0247. The van der Waals surface area contributed by atoms with Gasteiger partial charge in [-0.15, -0.1) is 0 Å². The van der Waals surface area contributed by atoms with Gasteiger partial charge in [-0.3, -0.25) is 0 Å². The quantitative estimate of drug-likeness (QED) is 0.537. The number of ether oxygens (including phenoxy) is 2. The summed E-state index contributed by atoms with van der Waals surface area (Å²) in [6.45, 7) is 0. The van der Waals surface area contributed by atoms with Gasteiger partial charge < -0.3 is 20.5 Å². The van der Waals surface area contributed by atoms with Crippen molar-refractivity contribution in [3.63, 3.8) is 0 Å². The van der Waals surface area contributed by atoms with Crippen LogP contribution in [0.1, 0.15) is 15.9 Å². The first-order valence-corrected chi connectivity index (χ1v) is 8.67. The number of esters is 1. The minimum atomic E-state index is -4.61. The van der Waals surface area contributed by atoms with Gasteiger partial charge >= 0.3 is 12.1 Å². The van der Waals surface area contributed by atoms with Crippen LogP contribution in [0.2, 0.25) is 5.02 Å². The van der Waals surface area contributed by atoms with E-state index in [1.165, 1.54) is 37.4 Å². The number of nitrogens with zero attached hydrogens (tertiary/aromatic N) is 2. The molecule has 156 valence electrons. The Labute approximate surface area is 173 Å². The fourth-order valence-corrected chi connectivity index (χ4v) is 2.63. The van der Waals surface area contributed by atoms with Crippen molar-refractivity contribution in [1.29, 1.82) is 0 Å². The molecule has 1 heterocycles. The van der Waals surface area contributed by atoms with Crippen LogP contribution in [-0.2, 0) is 10.9 Å². The van der Waals surface area contributed by atoms with Crippen molar-refractivity contribution in [3.05, 3.63) is 64.9 Å². The van der Waals surface area contributed by atoms with E-state index in [1.807, 2.05) is 0 Å². The summed E-state index contributed by atoms with van der Waals surface area (Å²) in [4.78, 5) is 19.3. The molecule has 0 bridgehead atoms. The van der Waals surface area contributed by atoms with E-state index in [0.717, 1.165) is 18.5 Å². The smallest absolute Gasteiger partial charge is 0.417 e. The lowest BCUT2D eigenvalue weighted by Crippen LogP contribution is -2.07.